The second kappa shape index (κ2) is 11.2. The maximum atomic E-state index is 12.7. The Hall–Kier alpha value is -3.35. The third kappa shape index (κ3) is 8.50. The van der Waals surface area contributed by atoms with E-state index in [0.717, 1.165) is 5.56 Å². The molecule has 1 atom stereocenters. The Morgan fingerprint density at radius 1 is 0.968 bits per heavy atom. The number of Topliss-reactive ketones (excluding diaryl/α,β-unsaturated/α-hetero) is 1. The molecule has 0 spiro atoms. The summed E-state index contributed by atoms with van der Waals surface area (Å²) in [5.74, 6) is -0.532. The zero-order chi connectivity index (χ0) is 22.9. The minimum atomic E-state index is -1.05. The van der Waals surface area contributed by atoms with Crippen LogP contribution in [0.5, 0.6) is 5.75 Å². The number of esters is 1. The molecule has 166 valence electrons. The van der Waals surface area contributed by atoms with Gasteiger partial charge in [0, 0.05) is 0 Å². The highest BCUT2D eigenvalue weighted by molar-refractivity contribution is 6.00. The van der Waals surface area contributed by atoms with Crippen LogP contribution in [0.4, 0.5) is 4.79 Å². The maximum Gasteiger partial charge on any atom is 0.408 e. The highest BCUT2D eigenvalue weighted by Crippen LogP contribution is 2.22. The lowest BCUT2D eigenvalue weighted by molar-refractivity contribution is -0.146. The minimum Gasteiger partial charge on any atom is -0.489 e. The zero-order valence-electron chi connectivity index (χ0n) is 18.3. The zero-order valence-corrected chi connectivity index (χ0v) is 18.3. The van der Waals surface area contributed by atoms with Crippen LogP contribution in [0.1, 0.15) is 51.3 Å². The Morgan fingerprint density at radius 2 is 1.61 bits per heavy atom. The number of amides is 1. The van der Waals surface area contributed by atoms with E-state index in [9.17, 15) is 14.4 Å². The SMILES string of the molecule is CCOC(=O)CC(=O)C(NC(=O)OC(C)(C)C)c1ccc(OCc2ccccc2)cc1. The van der Waals surface area contributed by atoms with Crippen LogP contribution in [0.15, 0.2) is 54.6 Å². The average Bonchev–Trinajstić information content (AvgIpc) is 2.70. The van der Waals surface area contributed by atoms with E-state index in [1.54, 1.807) is 52.0 Å². The van der Waals surface area contributed by atoms with Gasteiger partial charge in [-0.25, -0.2) is 4.79 Å². The van der Waals surface area contributed by atoms with Crippen LogP contribution in [0, 0.1) is 0 Å². The normalized spacial score (nSPS) is 11.9. The van der Waals surface area contributed by atoms with E-state index in [0.29, 0.717) is 17.9 Å². The molecule has 7 heteroatoms. The number of carbonyl (C=O) groups excluding carboxylic acids is 3. The summed E-state index contributed by atoms with van der Waals surface area (Å²) >= 11 is 0. The number of ketones is 1. The first-order valence-corrected chi connectivity index (χ1v) is 10.1. The molecular weight excluding hydrogens is 398 g/mol. The lowest BCUT2D eigenvalue weighted by atomic mass is 10.0. The average molecular weight is 427 g/mol. The van der Waals surface area contributed by atoms with Gasteiger partial charge in [0.25, 0.3) is 0 Å². The molecule has 0 fully saturated rings. The van der Waals surface area contributed by atoms with Gasteiger partial charge in [-0.1, -0.05) is 42.5 Å². The molecular formula is C24H29NO6. The molecule has 0 saturated carbocycles. The summed E-state index contributed by atoms with van der Waals surface area (Å²) in [5.41, 5.74) is 0.807. The monoisotopic (exact) mass is 427 g/mol. The Balaban J connectivity index is 2.12. The van der Waals surface area contributed by atoms with Gasteiger partial charge in [0.05, 0.1) is 6.61 Å². The first-order chi connectivity index (χ1) is 14.7. The van der Waals surface area contributed by atoms with Gasteiger partial charge in [-0.2, -0.15) is 0 Å². The predicted octanol–water partition coefficient (Wildman–Crippen LogP) is 4.35. The van der Waals surface area contributed by atoms with Crippen molar-refractivity contribution in [1.29, 1.82) is 0 Å². The molecule has 0 bridgehead atoms. The number of carbonyl (C=O) groups is 3. The molecule has 1 unspecified atom stereocenters. The first kappa shape index (κ1) is 23.9. The Morgan fingerprint density at radius 3 is 2.19 bits per heavy atom. The number of hydrogen-bond acceptors (Lipinski definition) is 6. The summed E-state index contributed by atoms with van der Waals surface area (Å²) in [4.78, 5) is 36.8. The third-order valence-electron chi connectivity index (χ3n) is 4.07. The standard InChI is InChI=1S/C24H29NO6/c1-5-29-21(27)15-20(26)22(25-23(28)31-24(2,3)4)18-11-13-19(14-12-18)30-16-17-9-7-6-8-10-17/h6-14,22H,5,15-16H2,1-4H3,(H,25,28). The number of benzene rings is 2. The number of rotatable bonds is 9. The second-order valence-corrected chi connectivity index (χ2v) is 7.87. The van der Waals surface area contributed by atoms with Crippen LogP contribution in [0.3, 0.4) is 0 Å². The maximum absolute atomic E-state index is 12.7. The van der Waals surface area contributed by atoms with E-state index in [4.69, 9.17) is 14.2 Å². The van der Waals surface area contributed by atoms with Gasteiger partial charge >= 0.3 is 12.1 Å². The van der Waals surface area contributed by atoms with Crippen molar-refractivity contribution in [2.45, 2.75) is 52.4 Å². The van der Waals surface area contributed by atoms with Gasteiger partial charge in [-0.15, -0.1) is 0 Å². The topological polar surface area (TPSA) is 90.9 Å². The summed E-state index contributed by atoms with van der Waals surface area (Å²) in [6.45, 7) is 7.40. The van der Waals surface area contributed by atoms with Gasteiger partial charge in [-0.05, 0) is 51.0 Å². The molecule has 1 N–H and O–H groups in total. The first-order valence-electron chi connectivity index (χ1n) is 10.1. The Bertz CT molecular complexity index is 871. The summed E-state index contributed by atoms with van der Waals surface area (Å²) in [5, 5.41) is 2.56. The molecule has 1 amide bonds. The second-order valence-electron chi connectivity index (χ2n) is 7.87. The smallest absolute Gasteiger partial charge is 0.408 e. The van der Waals surface area contributed by atoms with E-state index in [1.165, 1.54) is 0 Å². The molecule has 2 aromatic rings. The van der Waals surface area contributed by atoms with Crippen molar-refractivity contribution in [1.82, 2.24) is 5.32 Å². The molecule has 0 aliphatic heterocycles. The third-order valence-corrected chi connectivity index (χ3v) is 4.07. The molecule has 31 heavy (non-hydrogen) atoms. The fourth-order valence-corrected chi connectivity index (χ4v) is 2.73. The Kier molecular flexibility index (Phi) is 8.61. The fraction of sp³-hybridized carbons (Fsp3) is 0.375. The van der Waals surface area contributed by atoms with E-state index in [1.807, 2.05) is 30.3 Å². The summed E-state index contributed by atoms with van der Waals surface area (Å²) in [7, 11) is 0. The van der Waals surface area contributed by atoms with Gasteiger partial charge in [-0.3, -0.25) is 9.59 Å². The van der Waals surface area contributed by atoms with Crippen LogP contribution in [0.25, 0.3) is 0 Å². The van der Waals surface area contributed by atoms with Gasteiger partial charge in [0.15, 0.2) is 5.78 Å². The molecule has 0 aliphatic carbocycles. The van der Waals surface area contributed by atoms with Gasteiger partial charge < -0.3 is 19.5 Å². The molecule has 0 aliphatic rings. The van der Waals surface area contributed by atoms with Crippen molar-refractivity contribution < 1.29 is 28.6 Å². The van der Waals surface area contributed by atoms with E-state index in [2.05, 4.69) is 5.32 Å². The lowest BCUT2D eigenvalue weighted by Crippen LogP contribution is -2.38. The fourth-order valence-electron chi connectivity index (χ4n) is 2.73. The van der Waals surface area contributed by atoms with E-state index in [-0.39, 0.29) is 6.61 Å². The number of hydrogen-bond donors (Lipinski definition) is 1. The predicted molar refractivity (Wildman–Crippen MR) is 116 cm³/mol. The number of ether oxygens (including phenoxy) is 3. The molecule has 2 rings (SSSR count). The highest BCUT2D eigenvalue weighted by atomic mass is 16.6. The van der Waals surface area contributed by atoms with Crippen molar-refractivity contribution in [2.24, 2.45) is 0 Å². The van der Waals surface area contributed by atoms with E-state index >= 15 is 0 Å². The van der Waals surface area contributed by atoms with Crippen LogP contribution >= 0.6 is 0 Å². The summed E-state index contributed by atoms with van der Waals surface area (Å²) in [6.07, 6.45) is -1.21. The quantitative estimate of drug-likeness (QED) is 0.472. The largest absolute Gasteiger partial charge is 0.489 e. The minimum absolute atomic E-state index is 0.170. The van der Waals surface area contributed by atoms with Gasteiger partial charge in [0.1, 0.15) is 30.4 Å². The van der Waals surface area contributed by atoms with Crippen molar-refractivity contribution in [3.63, 3.8) is 0 Å². The van der Waals surface area contributed by atoms with Crippen molar-refractivity contribution in [3.05, 3.63) is 65.7 Å². The molecule has 7 nitrogen and oxygen atoms in total. The summed E-state index contributed by atoms with van der Waals surface area (Å²) in [6, 6.07) is 15.4. The van der Waals surface area contributed by atoms with Crippen molar-refractivity contribution >= 4 is 17.8 Å². The van der Waals surface area contributed by atoms with Crippen LogP contribution < -0.4 is 10.1 Å². The number of alkyl carbamates (subject to hydrolysis) is 1. The van der Waals surface area contributed by atoms with E-state index < -0.39 is 35.9 Å². The lowest BCUT2D eigenvalue weighted by Gasteiger charge is -2.23. The van der Waals surface area contributed by atoms with Crippen LogP contribution in [-0.4, -0.2) is 30.1 Å². The van der Waals surface area contributed by atoms with Crippen molar-refractivity contribution in [3.8, 4) is 5.75 Å². The van der Waals surface area contributed by atoms with Crippen molar-refractivity contribution in [2.75, 3.05) is 6.61 Å². The summed E-state index contributed by atoms with van der Waals surface area (Å²) < 4.78 is 15.9. The number of nitrogens with one attached hydrogen (secondary N) is 1. The molecule has 0 aromatic heterocycles. The molecule has 0 radical (unpaired) electrons. The molecule has 0 heterocycles. The van der Waals surface area contributed by atoms with Gasteiger partial charge in [0.2, 0.25) is 0 Å². The van der Waals surface area contributed by atoms with Crippen LogP contribution in [-0.2, 0) is 25.7 Å². The Labute approximate surface area is 182 Å². The molecule has 2 aromatic carbocycles. The molecule has 0 saturated heterocycles. The highest BCUT2D eigenvalue weighted by Gasteiger charge is 2.27. The van der Waals surface area contributed by atoms with Crippen LogP contribution in [0.2, 0.25) is 0 Å².